The molecule has 0 aliphatic carbocycles. The van der Waals surface area contributed by atoms with E-state index in [1.165, 1.54) is 4.88 Å². The van der Waals surface area contributed by atoms with Crippen molar-refractivity contribution in [3.05, 3.63) is 22.4 Å². The predicted molar refractivity (Wildman–Crippen MR) is 105 cm³/mol. The smallest absolute Gasteiger partial charge is 0.305 e. The highest BCUT2D eigenvalue weighted by Crippen LogP contribution is 2.25. The summed E-state index contributed by atoms with van der Waals surface area (Å²) in [7, 11) is 1.76. The first-order chi connectivity index (χ1) is 12.7. The number of guanidine groups is 1. The highest BCUT2D eigenvalue weighted by atomic mass is 32.1. The molecule has 1 aliphatic rings. The molecule has 0 amide bonds. The third kappa shape index (κ3) is 6.93. The van der Waals surface area contributed by atoms with Gasteiger partial charge in [0.05, 0.1) is 25.9 Å². The van der Waals surface area contributed by atoms with Crippen molar-refractivity contribution in [3.8, 4) is 0 Å². The number of esters is 1. The van der Waals surface area contributed by atoms with Gasteiger partial charge in [0.25, 0.3) is 0 Å². The maximum Gasteiger partial charge on any atom is 0.305 e. The number of carbonyl (C=O) groups is 1. The third-order valence-electron chi connectivity index (χ3n) is 4.20. The molecule has 1 atom stereocenters. The first-order valence-corrected chi connectivity index (χ1v) is 10.1. The van der Waals surface area contributed by atoms with Crippen LogP contribution in [0.25, 0.3) is 0 Å². The SMILES string of the molecule is CCOC(=O)CCCNC(=NC)NCC(c1cccs1)N1CCOCC1. The van der Waals surface area contributed by atoms with Gasteiger partial charge in [0.15, 0.2) is 5.96 Å². The molecule has 26 heavy (non-hydrogen) atoms. The van der Waals surface area contributed by atoms with Gasteiger partial charge in [-0.3, -0.25) is 14.7 Å². The minimum absolute atomic E-state index is 0.151. The minimum atomic E-state index is -0.151. The molecule has 2 heterocycles. The van der Waals surface area contributed by atoms with E-state index in [0.717, 1.165) is 45.2 Å². The number of aliphatic imine (C=N–C) groups is 1. The van der Waals surface area contributed by atoms with Crippen molar-refractivity contribution < 1.29 is 14.3 Å². The van der Waals surface area contributed by atoms with E-state index in [1.807, 2.05) is 6.92 Å². The van der Waals surface area contributed by atoms with Gasteiger partial charge in [-0.05, 0) is 24.8 Å². The lowest BCUT2D eigenvalue weighted by Crippen LogP contribution is -2.46. The van der Waals surface area contributed by atoms with E-state index in [4.69, 9.17) is 9.47 Å². The number of morpholine rings is 1. The van der Waals surface area contributed by atoms with Gasteiger partial charge in [0.2, 0.25) is 0 Å². The second-order valence-corrected chi connectivity index (χ2v) is 6.95. The quantitative estimate of drug-likeness (QED) is 0.293. The van der Waals surface area contributed by atoms with Gasteiger partial charge in [0, 0.05) is 44.5 Å². The number of hydrogen-bond donors (Lipinski definition) is 2. The van der Waals surface area contributed by atoms with Crippen LogP contribution in [0.15, 0.2) is 22.5 Å². The average molecular weight is 383 g/mol. The molecule has 0 bridgehead atoms. The maximum atomic E-state index is 11.4. The first kappa shape index (κ1) is 20.7. The lowest BCUT2D eigenvalue weighted by molar-refractivity contribution is -0.143. The average Bonchev–Trinajstić information content (AvgIpc) is 3.19. The molecule has 2 rings (SSSR count). The summed E-state index contributed by atoms with van der Waals surface area (Å²) in [6.45, 7) is 7.15. The predicted octanol–water partition coefficient (Wildman–Crippen LogP) is 1.63. The fourth-order valence-corrected chi connectivity index (χ4v) is 3.73. The van der Waals surface area contributed by atoms with Crippen molar-refractivity contribution in [2.24, 2.45) is 4.99 Å². The molecule has 0 aromatic carbocycles. The van der Waals surface area contributed by atoms with Gasteiger partial charge >= 0.3 is 5.97 Å². The van der Waals surface area contributed by atoms with E-state index < -0.39 is 0 Å². The van der Waals surface area contributed by atoms with E-state index in [0.29, 0.717) is 25.6 Å². The van der Waals surface area contributed by atoms with Crippen molar-refractivity contribution in [1.82, 2.24) is 15.5 Å². The number of thiophene rings is 1. The Morgan fingerprint density at radius 1 is 1.42 bits per heavy atom. The molecule has 1 saturated heterocycles. The van der Waals surface area contributed by atoms with Gasteiger partial charge < -0.3 is 20.1 Å². The summed E-state index contributed by atoms with van der Waals surface area (Å²) >= 11 is 1.78. The standard InChI is InChI=1S/C18H30N4O3S/c1-3-25-17(23)7-4-8-20-18(19-2)21-14-15(16-6-5-13-26-16)22-9-11-24-12-10-22/h5-6,13,15H,3-4,7-12,14H2,1-2H3,(H2,19,20,21). The number of carbonyl (C=O) groups excluding carboxylic acids is 1. The summed E-state index contributed by atoms with van der Waals surface area (Å²) in [6, 6.07) is 4.58. The molecular formula is C18H30N4O3S. The third-order valence-corrected chi connectivity index (χ3v) is 5.17. The van der Waals surface area contributed by atoms with Crippen molar-refractivity contribution in [1.29, 1.82) is 0 Å². The van der Waals surface area contributed by atoms with Crippen LogP contribution in [0.3, 0.4) is 0 Å². The first-order valence-electron chi connectivity index (χ1n) is 9.20. The fourth-order valence-electron chi connectivity index (χ4n) is 2.87. The Morgan fingerprint density at radius 2 is 2.23 bits per heavy atom. The normalized spacial score (nSPS) is 16.9. The van der Waals surface area contributed by atoms with Crippen molar-refractivity contribution >= 4 is 23.3 Å². The van der Waals surface area contributed by atoms with E-state index >= 15 is 0 Å². The van der Waals surface area contributed by atoms with Crippen molar-refractivity contribution in [2.45, 2.75) is 25.8 Å². The minimum Gasteiger partial charge on any atom is -0.466 e. The molecule has 2 N–H and O–H groups in total. The highest BCUT2D eigenvalue weighted by molar-refractivity contribution is 7.10. The van der Waals surface area contributed by atoms with Crippen LogP contribution < -0.4 is 10.6 Å². The molecule has 7 nitrogen and oxygen atoms in total. The number of ether oxygens (including phenoxy) is 2. The molecule has 1 aromatic rings. The van der Waals surface area contributed by atoms with Gasteiger partial charge in [-0.25, -0.2) is 0 Å². The number of rotatable bonds is 9. The van der Waals surface area contributed by atoms with Crippen molar-refractivity contribution in [2.75, 3.05) is 53.0 Å². The maximum absolute atomic E-state index is 11.4. The van der Waals surface area contributed by atoms with Gasteiger partial charge in [0.1, 0.15) is 0 Å². The summed E-state index contributed by atoms with van der Waals surface area (Å²) in [4.78, 5) is 19.4. The Labute approximate surface area is 159 Å². The zero-order valence-electron chi connectivity index (χ0n) is 15.7. The molecular weight excluding hydrogens is 352 g/mol. The number of nitrogens with one attached hydrogen (secondary N) is 2. The molecule has 1 unspecified atom stereocenters. The zero-order valence-corrected chi connectivity index (χ0v) is 16.5. The second kappa shape index (κ2) is 11.9. The van der Waals surface area contributed by atoms with Gasteiger partial charge in [-0.1, -0.05) is 6.07 Å². The van der Waals surface area contributed by atoms with E-state index in [-0.39, 0.29) is 5.97 Å². The fraction of sp³-hybridized carbons (Fsp3) is 0.667. The lowest BCUT2D eigenvalue weighted by atomic mass is 10.2. The molecule has 0 radical (unpaired) electrons. The Hall–Kier alpha value is -1.64. The largest absolute Gasteiger partial charge is 0.466 e. The van der Waals surface area contributed by atoms with Crippen LogP contribution in [0.4, 0.5) is 0 Å². The molecule has 1 aromatic heterocycles. The van der Waals surface area contributed by atoms with Crippen LogP contribution in [0.5, 0.6) is 0 Å². The molecule has 1 aliphatic heterocycles. The summed E-state index contributed by atoms with van der Waals surface area (Å²) in [5.41, 5.74) is 0. The van der Waals surface area contributed by atoms with E-state index in [2.05, 4.69) is 38.0 Å². The Kier molecular flexibility index (Phi) is 9.44. The zero-order chi connectivity index (χ0) is 18.6. The second-order valence-electron chi connectivity index (χ2n) is 5.97. The van der Waals surface area contributed by atoms with Crippen LogP contribution >= 0.6 is 11.3 Å². The number of nitrogens with zero attached hydrogens (tertiary/aromatic N) is 2. The van der Waals surface area contributed by atoms with Crippen LogP contribution in [-0.2, 0) is 14.3 Å². The van der Waals surface area contributed by atoms with Gasteiger partial charge in [-0.2, -0.15) is 0 Å². The van der Waals surface area contributed by atoms with E-state index in [1.54, 1.807) is 18.4 Å². The lowest BCUT2D eigenvalue weighted by Gasteiger charge is -2.34. The van der Waals surface area contributed by atoms with Crippen LogP contribution in [0.2, 0.25) is 0 Å². The number of hydrogen-bond acceptors (Lipinski definition) is 6. The summed E-state index contributed by atoms with van der Waals surface area (Å²) in [6.07, 6.45) is 1.14. The van der Waals surface area contributed by atoms with Crippen LogP contribution in [-0.4, -0.2) is 69.9 Å². The Morgan fingerprint density at radius 3 is 2.88 bits per heavy atom. The van der Waals surface area contributed by atoms with E-state index in [9.17, 15) is 4.79 Å². The molecule has 8 heteroatoms. The Balaban J connectivity index is 1.79. The molecule has 0 saturated carbocycles. The monoisotopic (exact) mass is 382 g/mol. The molecule has 146 valence electrons. The van der Waals surface area contributed by atoms with Gasteiger partial charge in [-0.15, -0.1) is 11.3 Å². The topological polar surface area (TPSA) is 75.2 Å². The highest BCUT2D eigenvalue weighted by Gasteiger charge is 2.23. The van der Waals surface area contributed by atoms with Crippen molar-refractivity contribution in [3.63, 3.8) is 0 Å². The molecule has 0 spiro atoms. The summed E-state index contributed by atoms with van der Waals surface area (Å²) in [5.74, 6) is 0.603. The van der Waals surface area contributed by atoms with Crippen LogP contribution in [0.1, 0.15) is 30.7 Å². The molecule has 1 fully saturated rings. The Bertz CT molecular complexity index is 545. The van der Waals surface area contributed by atoms with Crippen LogP contribution in [0, 0.1) is 0 Å². The summed E-state index contributed by atoms with van der Waals surface area (Å²) in [5, 5.41) is 8.79. The summed E-state index contributed by atoms with van der Waals surface area (Å²) < 4.78 is 10.4.